The largest absolute Gasteiger partial charge is 0.337 e. The zero-order valence-electron chi connectivity index (χ0n) is 17.2. The number of thioether (sulfide) groups is 1. The molecule has 0 saturated heterocycles. The van der Waals surface area contributed by atoms with E-state index >= 15 is 0 Å². The zero-order chi connectivity index (χ0) is 21.0. The van der Waals surface area contributed by atoms with Gasteiger partial charge in [-0.25, -0.2) is 19.0 Å². The van der Waals surface area contributed by atoms with Crippen LogP contribution in [-0.4, -0.2) is 48.4 Å². The molecule has 2 atom stereocenters. The maximum absolute atomic E-state index is 13.2. The number of halogens is 1. The number of amides is 1. The third-order valence-electron chi connectivity index (χ3n) is 5.15. The standard InChI is InChI=1S/C21H26FN5OS/c1-5-14(3)26(15(4)6-2)19(28)12-29-21-18-11-25-27(20(18)23-13-24-21)17-9-7-16(22)8-10-17/h7-11,13-15H,5-6,12H2,1-4H3. The third-order valence-corrected chi connectivity index (χ3v) is 6.14. The second-order valence-electron chi connectivity index (χ2n) is 7.05. The highest BCUT2D eigenvalue weighted by atomic mass is 32.2. The molecule has 0 radical (unpaired) electrons. The number of nitrogens with zero attached hydrogens (tertiary/aromatic N) is 5. The van der Waals surface area contributed by atoms with Gasteiger partial charge in [0.05, 0.1) is 23.0 Å². The first-order valence-electron chi connectivity index (χ1n) is 9.84. The maximum Gasteiger partial charge on any atom is 0.233 e. The normalized spacial score (nSPS) is 13.4. The first-order chi connectivity index (χ1) is 14.0. The monoisotopic (exact) mass is 415 g/mol. The Morgan fingerprint density at radius 1 is 1.14 bits per heavy atom. The number of rotatable bonds is 8. The van der Waals surface area contributed by atoms with Crippen molar-refractivity contribution in [2.24, 2.45) is 0 Å². The van der Waals surface area contributed by atoms with Gasteiger partial charge >= 0.3 is 0 Å². The van der Waals surface area contributed by atoms with E-state index < -0.39 is 0 Å². The Balaban J connectivity index is 1.82. The Hall–Kier alpha value is -2.48. The molecule has 0 aliphatic carbocycles. The van der Waals surface area contributed by atoms with Crippen LogP contribution in [0.15, 0.2) is 41.8 Å². The quantitative estimate of drug-likeness (QED) is 0.401. The van der Waals surface area contributed by atoms with Crippen LogP contribution in [-0.2, 0) is 4.79 Å². The van der Waals surface area contributed by atoms with Crippen LogP contribution in [0.5, 0.6) is 0 Å². The molecule has 0 N–H and O–H groups in total. The lowest BCUT2D eigenvalue weighted by atomic mass is 10.1. The molecule has 0 aliphatic rings. The molecule has 1 aromatic carbocycles. The highest BCUT2D eigenvalue weighted by Crippen LogP contribution is 2.27. The Kier molecular flexibility index (Phi) is 6.84. The minimum Gasteiger partial charge on any atom is -0.337 e. The fraction of sp³-hybridized carbons (Fsp3) is 0.429. The van der Waals surface area contributed by atoms with Gasteiger partial charge in [-0.3, -0.25) is 4.79 Å². The highest BCUT2D eigenvalue weighted by Gasteiger charge is 2.24. The Morgan fingerprint density at radius 2 is 1.79 bits per heavy atom. The van der Waals surface area contributed by atoms with Gasteiger partial charge in [-0.2, -0.15) is 5.10 Å². The lowest BCUT2D eigenvalue weighted by molar-refractivity contribution is -0.132. The number of fused-ring (bicyclic) bond motifs is 1. The van der Waals surface area contributed by atoms with Crippen LogP contribution in [0.4, 0.5) is 4.39 Å². The van der Waals surface area contributed by atoms with Gasteiger partial charge in [0.2, 0.25) is 5.91 Å². The Bertz CT molecular complexity index is 965. The minimum atomic E-state index is -0.304. The molecule has 6 nitrogen and oxygen atoms in total. The fourth-order valence-corrected chi connectivity index (χ4v) is 4.06. The summed E-state index contributed by atoms with van der Waals surface area (Å²) in [7, 11) is 0. The average Bonchev–Trinajstić information content (AvgIpc) is 3.17. The van der Waals surface area contributed by atoms with Gasteiger partial charge in [0.1, 0.15) is 17.2 Å². The maximum atomic E-state index is 13.2. The van der Waals surface area contributed by atoms with Crippen molar-refractivity contribution in [2.45, 2.75) is 57.6 Å². The molecular weight excluding hydrogens is 389 g/mol. The van der Waals surface area contributed by atoms with Crippen molar-refractivity contribution >= 4 is 28.7 Å². The van der Waals surface area contributed by atoms with Crippen molar-refractivity contribution in [1.29, 1.82) is 0 Å². The molecule has 3 rings (SSSR count). The molecule has 0 spiro atoms. The molecule has 29 heavy (non-hydrogen) atoms. The van der Waals surface area contributed by atoms with Gasteiger partial charge in [0.15, 0.2) is 5.65 Å². The Morgan fingerprint density at radius 3 is 2.41 bits per heavy atom. The van der Waals surface area contributed by atoms with Crippen molar-refractivity contribution < 1.29 is 9.18 Å². The van der Waals surface area contributed by atoms with E-state index in [1.807, 2.05) is 4.90 Å². The highest BCUT2D eigenvalue weighted by molar-refractivity contribution is 8.00. The van der Waals surface area contributed by atoms with Crippen LogP contribution in [0.1, 0.15) is 40.5 Å². The molecule has 3 aromatic rings. The molecular formula is C21H26FN5OS. The van der Waals surface area contributed by atoms with Gasteiger partial charge < -0.3 is 4.90 Å². The van der Waals surface area contributed by atoms with E-state index in [9.17, 15) is 9.18 Å². The van der Waals surface area contributed by atoms with E-state index in [1.54, 1.807) is 23.0 Å². The lowest BCUT2D eigenvalue weighted by Gasteiger charge is -2.34. The van der Waals surface area contributed by atoms with E-state index in [0.717, 1.165) is 18.2 Å². The third kappa shape index (κ3) is 4.58. The van der Waals surface area contributed by atoms with Gasteiger partial charge in [-0.05, 0) is 51.0 Å². The first-order valence-corrected chi connectivity index (χ1v) is 10.8. The van der Waals surface area contributed by atoms with Crippen molar-refractivity contribution in [3.63, 3.8) is 0 Å². The van der Waals surface area contributed by atoms with E-state index in [0.29, 0.717) is 22.1 Å². The average molecular weight is 416 g/mol. The summed E-state index contributed by atoms with van der Waals surface area (Å²) in [6, 6.07) is 6.47. The fourth-order valence-electron chi connectivity index (χ4n) is 3.23. The summed E-state index contributed by atoms with van der Waals surface area (Å²) < 4.78 is 14.9. The second kappa shape index (κ2) is 9.35. The molecule has 2 heterocycles. The van der Waals surface area contributed by atoms with E-state index in [2.05, 4.69) is 42.8 Å². The van der Waals surface area contributed by atoms with Gasteiger partial charge in [-0.1, -0.05) is 25.6 Å². The molecule has 0 aliphatic heterocycles. The SMILES string of the molecule is CCC(C)N(C(=O)CSc1ncnc2c1cnn2-c1ccc(F)cc1)C(C)CC. The minimum absolute atomic E-state index is 0.108. The summed E-state index contributed by atoms with van der Waals surface area (Å²) in [6.45, 7) is 8.37. The van der Waals surface area contributed by atoms with Crippen molar-refractivity contribution in [3.05, 3.63) is 42.6 Å². The van der Waals surface area contributed by atoms with Gasteiger partial charge in [0.25, 0.3) is 0 Å². The van der Waals surface area contributed by atoms with Crippen LogP contribution in [0.2, 0.25) is 0 Å². The molecule has 8 heteroatoms. The molecule has 0 saturated carbocycles. The van der Waals surface area contributed by atoms with Crippen molar-refractivity contribution in [1.82, 2.24) is 24.6 Å². The van der Waals surface area contributed by atoms with Crippen LogP contribution in [0.3, 0.4) is 0 Å². The van der Waals surface area contributed by atoms with Crippen LogP contribution >= 0.6 is 11.8 Å². The number of hydrogen-bond acceptors (Lipinski definition) is 5. The summed E-state index contributed by atoms with van der Waals surface area (Å²) in [4.78, 5) is 23.6. The van der Waals surface area contributed by atoms with E-state index in [1.165, 1.54) is 30.2 Å². The number of hydrogen-bond donors (Lipinski definition) is 0. The van der Waals surface area contributed by atoms with Gasteiger partial charge in [-0.15, -0.1) is 0 Å². The molecule has 0 fully saturated rings. The predicted octanol–water partition coefficient (Wildman–Crippen LogP) is 4.47. The number of aromatic nitrogens is 4. The smallest absolute Gasteiger partial charge is 0.233 e. The second-order valence-corrected chi connectivity index (χ2v) is 8.02. The number of benzene rings is 1. The van der Waals surface area contributed by atoms with E-state index in [-0.39, 0.29) is 23.8 Å². The summed E-state index contributed by atoms with van der Waals surface area (Å²) in [5, 5.41) is 5.87. The number of carbonyl (C=O) groups is 1. The molecule has 1 amide bonds. The summed E-state index contributed by atoms with van der Waals surface area (Å²) in [5.74, 6) is 0.112. The topological polar surface area (TPSA) is 63.9 Å². The first kappa shape index (κ1) is 21.2. The Labute approximate surface area is 174 Å². The van der Waals surface area contributed by atoms with Gasteiger partial charge in [0, 0.05) is 12.1 Å². The van der Waals surface area contributed by atoms with Crippen LogP contribution in [0.25, 0.3) is 16.7 Å². The lowest BCUT2D eigenvalue weighted by Crippen LogP contribution is -2.45. The summed E-state index contributed by atoms with van der Waals surface area (Å²) >= 11 is 1.40. The molecule has 0 bridgehead atoms. The molecule has 2 aromatic heterocycles. The predicted molar refractivity (Wildman–Crippen MR) is 114 cm³/mol. The van der Waals surface area contributed by atoms with Crippen LogP contribution in [0, 0.1) is 5.82 Å². The molecule has 2 unspecified atom stereocenters. The van der Waals surface area contributed by atoms with Crippen LogP contribution < -0.4 is 0 Å². The number of carbonyl (C=O) groups excluding carboxylic acids is 1. The van der Waals surface area contributed by atoms with Crippen molar-refractivity contribution in [3.8, 4) is 5.69 Å². The molecule has 154 valence electrons. The van der Waals surface area contributed by atoms with E-state index in [4.69, 9.17) is 0 Å². The summed E-state index contributed by atoms with van der Waals surface area (Å²) in [5.41, 5.74) is 1.34. The van der Waals surface area contributed by atoms with Crippen molar-refractivity contribution in [2.75, 3.05) is 5.75 Å². The summed E-state index contributed by atoms with van der Waals surface area (Å²) in [6.07, 6.45) is 5.00. The zero-order valence-corrected chi connectivity index (χ0v) is 18.0.